The van der Waals surface area contributed by atoms with Crippen molar-refractivity contribution in [2.45, 2.75) is 6.29 Å². The van der Waals surface area contributed by atoms with Crippen molar-refractivity contribution < 1.29 is 14.9 Å². The minimum Gasteiger partial charge on any atom is -0.437 e. The van der Waals surface area contributed by atoms with E-state index in [1.54, 1.807) is 24.4 Å². The van der Waals surface area contributed by atoms with E-state index < -0.39 is 6.29 Å². The van der Waals surface area contributed by atoms with E-state index in [0.29, 0.717) is 5.75 Å². The van der Waals surface area contributed by atoms with Crippen LogP contribution in [0.2, 0.25) is 0 Å². The first-order valence-corrected chi connectivity index (χ1v) is 7.70. The molecule has 2 heterocycles. The fourth-order valence-electron chi connectivity index (χ4n) is 2.44. The van der Waals surface area contributed by atoms with Gasteiger partial charge in [-0.15, -0.1) is 5.10 Å². The summed E-state index contributed by atoms with van der Waals surface area (Å²) in [5.74, 6) is 6.72. The highest BCUT2D eigenvalue weighted by atomic mass is 16.5. The molecule has 0 amide bonds. The van der Waals surface area contributed by atoms with Gasteiger partial charge in [0.1, 0.15) is 5.75 Å². The molecule has 0 aliphatic carbocycles. The van der Waals surface area contributed by atoms with Gasteiger partial charge in [0.25, 0.3) is 0 Å². The van der Waals surface area contributed by atoms with E-state index in [1.807, 2.05) is 24.3 Å². The first kappa shape index (κ1) is 15.8. The van der Waals surface area contributed by atoms with Gasteiger partial charge in [0.15, 0.2) is 5.69 Å². The van der Waals surface area contributed by atoms with Crippen LogP contribution in [0.5, 0.6) is 11.6 Å². The van der Waals surface area contributed by atoms with Crippen LogP contribution in [0.1, 0.15) is 23.1 Å². The molecule has 0 atom stereocenters. The third-order valence-corrected chi connectivity index (χ3v) is 3.66. The van der Waals surface area contributed by atoms with Crippen LogP contribution in [0.3, 0.4) is 0 Å². The average molecular weight is 347 g/mol. The molecule has 0 unspecified atom stereocenters. The minimum atomic E-state index is -1.78. The number of ether oxygens (including phenoxy) is 1. The number of H-pyrrole nitrogens is 2. The molecule has 4 rings (SSSR count). The number of nitrogens with one attached hydrogen (secondary N) is 2. The molecule has 0 radical (unpaired) electrons. The molecular formula is C18H13N5O3. The molecule has 0 bridgehead atoms. The number of nitrogens with zero attached hydrogens (tertiary/aromatic N) is 3. The van der Waals surface area contributed by atoms with Crippen molar-refractivity contribution in [3.05, 3.63) is 65.5 Å². The Morgan fingerprint density at radius 2 is 1.92 bits per heavy atom. The van der Waals surface area contributed by atoms with Gasteiger partial charge in [-0.1, -0.05) is 35.3 Å². The lowest BCUT2D eigenvalue weighted by Gasteiger charge is -2.05. The summed E-state index contributed by atoms with van der Waals surface area (Å²) in [6, 6.07) is 12.9. The summed E-state index contributed by atoms with van der Waals surface area (Å²) in [5, 5.41) is 36.0. The minimum absolute atomic E-state index is 0.0623. The van der Waals surface area contributed by atoms with Crippen molar-refractivity contribution in [2.24, 2.45) is 0 Å². The maximum absolute atomic E-state index is 9.23. The molecule has 0 saturated carbocycles. The van der Waals surface area contributed by atoms with E-state index >= 15 is 0 Å². The van der Waals surface area contributed by atoms with Crippen LogP contribution < -0.4 is 4.74 Å². The second-order valence-electron chi connectivity index (χ2n) is 5.42. The Labute approximate surface area is 147 Å². The van der Waals surface area contributed by atoms with Crippen molar-refractivity contribution >= 4 is 10.9 Å². The number of benzene rings is 2. The molecule has 0 fully saturated rings. The van der Waals surface area contributed by atoms with Gasteiger partial charge in [0.05, 0.1) is 17.3 Å². The Kier molecular flexibility index (Phi) is 4.07. The van der Waals surface area contributed by atoms with Gasteiger partial charge >= 0.3 is 0 Å². The molecule has 4 N–H and O–H groups in total. The SMILES string of the molecule is OC(O)c1nn[nH]c1Oc1cccc(C#Cc2cccc3cn[nH]c23)c1. The largest absolute Gasteiger partial charge is 0.437 e. The van der Waals surface area contributed by atoms with Gasteiger partial charge in [-0.25, -0.2) is 5.10 Å². The zero-order valence-corrected chi connectivity index (χ0v) is 13.3. The summed E-state index contributed by atoms with van der Waals surface area (Å²) in [4.78, 5) is 0. The van der Waals surface area contributed by atoms with E-state index in [4.69, 9.17) is 4.74 Å². The fraction of sp³-hybridized carbons (Fsp3) is 0.0556. The number of rotatable bonds is 3. The fourth-order valence-corrected chi connectivity index (χ4v) is 2.44. The molecule has 4 aromatic rings. The zero-order valence-electron chi connectivity index (χ0n) is 13.3. The van der Waals surface area contributed by atoms with E-state index in [-0.39, 0.29) is 11.6 Å². The maximum atomic E-state index is 9.23. The lowest BCUT2D eigenvalue weighted by atomic mass is 10.1. The number of aliphatic hydroxyl groups is 2. The van der Waals surface area contributed by atoms with Gasteiger partial charge < -0.3 is 14.9 Å². The van der Waals surface area contributed by atoms with E-state index in [1.165, 1.54) is 0 Å². The number of hydrogen-bond acceptors (Lipinski definition) is 6. The molecular weight excluding hydrogens is 334 g/mol. The predicted octanol–water partition coefficient (Wildman–Crippen LogP) is 1.86. The quantitative estimate of drug-likeness (QED) is 0.332. The Morgan fingerprint density at radius 1 is 1.04 bits per heavy atom. The summed E-state index contributed by atoms with van der Waals surface area (Å²) < 4.78 is 5.58. The maximum Gasteiger partial charge on any atom is 0.244 e. The van der Waals surface area contributed by atoms with Gasteiger partial charge in [0, 0.05) is 10.9 Å². The van der Waals surface area contributed by atoms with Crippen LogP contribution >= 0.6 is 0 Å². The highest BCUT2D eigenvalue weighted by Crippen LogP contribution is 2.25. The first-order valence-electron chi connectivity index (χ1n) is 7.70. The summed E-state index contributed by atoms with van der Waals surface area (Å²) in [6.07, 6.45) is -0.0257. The summed E-state index contributed by atoms with van der Waals surface area (Å²) in [7, 11) is 0. The van der Waals surface area contributed by atoms with Crippen LogP contribution in [-0.4, -0.2) is 35.8 Å². The van der Waals surface area contributed by atoms with Crippen LogP contribution in [0.25, 0.3) is 10.9 Å². The molecule has 8 nitrogen and oxygen atoms in total. The summed E-state index contributed by atoms with van der Waals surface area (Å²) in [6.45, 7) is 0. The second kappa shape index (κ2) is 6.68. The smallest absolute Gasteiger partial charge is 0.244 e. The van der Waals surface area contributed by atoms with Crippen molar-refractivity contribution in [3.63, 3.8) is 0 Å². The van der Waals surface area contributed by atoms with E-state index in [2.05, 4.69) is 37.4 Å². The lowest BCUT2D eigenvalue weighted by molar-refractivity contribution is -0.0470. The van der Waals surface area contributed by atoms with Crippen molar-refractivity contribution in [1.29, 1.82) is 0 Å². The van der Waals surface area contributed by atoms with Crippen LogP contribution in [-0.2, 0) is 0 Å². The molecule has 0 saturated heterocycles. The molecule has 26 heavy (non-hydrogen) atoms. The summed E-state index contributed by atoms with van der Waals surface area (Å²) >= 11 is 0. The molecule has 8 heteroatoms. The molecule has 2 aromatic carbocycles. The van der Waals surface area contributed by atoms with Gasteiger partial charge in [0.2, 0.25) is 12.2 Å². The van der Waals surface area contributed by atoms with E-state index in [0.717, 1.165) is 22.0 Å². The summed E-state index contributed by atoms with van der Waals surface area (Å²) in [5.41, 5.74) is 2.37. The molecule has 0 aliphatic heterocycles. The Bertz CT molecular complexity index is 1120. The van der Waals surface area contributed by atoms with Crippen molar-refractivity contribution in [3.8, 4) is 23.5 Å². The number of hydrogen-bond donors (Lipinski definition) is 4. The van der Waals surface area contributed by atoms with Gasteiger partial charge in [-0.2, -0.15) is 5.10 Å². The third-order valence-electron chi connectivity index (χ3n) is 3.66. The molecule has 2 aromatic heterocycles. The van der Waals surface area contributed by atoms with Crippen molar-refractivity contribution in [1.82, 2.24) is 25.6 Å². The van der Waals surface area contributed by atoms with Gasteiger partial charge in [-0.05, 0) is 24.3 Å². The van der Waals surface area contributed by atoms with Crippen LogP contribution in [0.15, 0.2) is 48.7 Å². The monoisotopic (exact) mass is 347 g/mol. The highest BCUT2D eigenvalue weighted by molar-refractivity contribution is 5.84. The van der Waals surface area contributed by atoms with E-state index in [9.17, 15) is 10.2 Å². The Morgan fingerprint density at radius 3 is 2.81 bits per heavy atom. The van der Waals surface area contributed by atoms with Crippen LogP contribution in [0.4, 0.5) is 0 Å². The van der Waals surface area contributed by atoms with Crippen molar-refractivity contribution in [2.75, 3.05) is 0 Å². The standard InChI is InChI=1S/C18H13N5O3/c24-18(25)16-17(22-23-21-16)26-14-6-1-3-11(9-14)7-8-12-4-2-5-13-10-19-20-15(12)13/h1-6,9-10,18,24-25H,(H,19,20)(H,21,22,23). The number of para-hydroxylation sites is 1. The molecule has 0 aliphatic rings. The van der Waals surface area contributed by atoms with Crippen LogP contribution in [0, 0.1) is 11.8 Å². The first-order chi connectivity index (χ1) is 12.7. The van der Waals surface area contributed by atoms with Gasteiger partial charge in [-0.3, -0.25) is 5.10 Å². The lowest BCUT2D eigenvalue weighted by Crippen LogP contribution is -1.98. The number of aromatic nitrogens is 5. The topological polar surface area (TPSA) is 120 Å². The Hall–Kier alpha value is -3.67. The third kappa shape index (κ3) is 3.12. The number of aromatic amines is 2. The zero-order chi connectivity index (χ0) is 17.9. The molecule has 0 spiro atoms. The second-order valence-corrected chi connectivity index (χ2v) is 5.42. The number of fused-ring (bicyclic) bond motifs is 1. The highest BCUT2D eigenvalue weighted by Gasteiger charge is 2.16. The predicted molar refractivity (Wildman–Crippen MR) is 92.2 cm³/mol. The molecule has 128 valence electrons. The normalized spacial score (nSPS) is 10.7. The Balaban J connectivity index is 1.61. The average Bonchev–Trinajstić information content (AvgIpc) is 3.29. The number of aliphatic hydroxyl groups excluding tert-OH is 1.